The molecule has 0 fully saturated rings. The van der Waals surface area contributed by atoms with Gasteiger partial charge in [0.25, 0.3) is 0 Å². The van der Waals surface area contributed by atoms with Crippen LogP contribution in [0.4, 0.5) is 36.6 Å². The second kappa shape index (κ2) is 7.90. The molecule has 1 aromatic carbocycles. The predicted octanol–water partition coefficient (Wildman–Crippen LogP) is 5.14. The Morgan fingerprint density at radius 1 is 1.06 bits per heavy atom. The molecule has 162 valence electrons. The van der Waals surface area contributed by atoms with Gasteiger partial charge in [-0.2, -0.15) is 36.7 Å². The van der Waals surface area contributed by atoms with Crippen molar-refractivity contribution < 1.29 is 30.7 Å². The van der Waals surface area contributed by atoms with Crippen molar-refractivity contribution >= 4 is 5.82 Å². The summed E-state index contributed by atoms with van der Waals surface area (Å²) in [7, 11) is 1.56. The molecule has 0 aliphatic rings. The summed E-state index contributed by atoms with van der Waals surface area (Å²) in [5.74, 6) is -1.36. The largest absolute Gasteiger partial charge is 0.433 e. The Hall–Kier alpha value is -3.62. The Bertz CT molecular complexity index is 1140. The van der Waals surface area contributed by atoms with Crippen LogP contribution < -0.4 is 5.32 Å². The molecule has 2 heterocycles. The van der Waals surface area contributed by atoms with Crippen LogP contribution in [0, 0.1) is 17.1 Å². The maximum absolute atomic E-state index is 13.2. The molecule has 3 rings (SSSR count). The zero-order valence-electron chi connectivity index (χ0n) is 15.6. The molecule has 0 bridgehead atoms. The van der Waals surface area contributed by atoms with Crippen molar-refractivity contribution in [1.82, 2.24) is 14.8 Å². The van der Waals surface area contributed by atoms with Gasteiger partial charge in [-0.3, -0.25) is 4.68 Å². The third-order valence-corrected chi connectivity index (χ3v) is 4.21. The zero-order valence-corrected chi connectivity index (χ0v) is 15.6. The predicted molar refractivity (Wildman–Crippen MR) is 94.9 cm³/mol. The van der Waals surface area contributed by atoms with E-state index in [-0.39, 0.29) is 18.3 Å². The lowest BCUT2D eigenvalue weighted by molar-refractivity contribution is -0.145. The van der Waals surface area contributed by atoms with Crippen LogP contribution in [-0.4, -0.2) is 14.8 Å². The van der Waals surface area contributed by atoms with Crippen LogP contribution in [-0.2, 0) is 25.9 Å². The number of aromatic nitrogens is 3. The van der Waals surface area contributed by atoms with Gasteiger partial charge >= 0.3 is 12.4 Å². The van der Waals surface area contributed by atoms with E-state index in [1.54, 1.807) is 13.2 Å². The number of hydrogen-bond donors (Lipinski definition) is 1. The summed E-state index contributed by atoms with van der Waals surface area (Å²) in [5, 5.41) is 15.6. The highest BCUT2D eigenvalue weighted by Crippen LogP contribution is 2.38. The standard InChI is InChI=1S/C19H12F7N5/c1-31-9-13(10-2-4-11(20)5-3-10)15(30-31)8-28-17-12(7-27)14(18(21,22)23)6-16(29-17)19(24,25)26/h2-6,9H,8H2,1H3,(H,28,29). The van der Waals surface area contributed by atoms with Crippen molar-refractivity contribution in [2.45, 2.75) is 18.9 Å². The number of alkyl halides is 6. The van der Waals surface area contributed by atoms with Gasteiger partial charge in [0, 0.05) is 18.8 Å². The summed E-state index contributed by atoms with van der Waals surface area (Å²) in [6.07, 6.45) is -8.81. The van der Waals surface area contributed by atoms with E-state index in [1.165, 1.54) is 35.0 Å². The lowest BCUT2D eigenvalue weighted by atomic mass is 10.1. The fraction of sp³-hybridized carbons (Fsp3) is 0.211. The number of nitriles is 1. The van der Waals surface area contributed by atoms with Crippen LogP contribution >= 0.6 is 0 Å². The van der Waals surface area contributed by atoms with E-state index >= 15 is 0 Å². The molecule has 3 aromatic rings. The van der Waals surface area contributed by atoms with Crippen LogP contribution in [0.1, 0.15) is 22.5 Å². The SMILES string of the molecule is Cn1cc(-c2ccc(F)cc2)c(CNc2nc(C(F)(F)F)cc(C(F)(F)F)c2C#N)n1. The van der Waals surface area contributed by atoms with E-state index in [0.29, 0.717) is 11.1 Å². The summed E-state index contributed by atoms with van der Waals surface area (Å²) in [4.78, 5) is 3.18. The first-order chi connectivity index (χ1) is 14.4. The van der Waals surface area contributed by atoms with E-state index in [0.717, 1.165) is 0 Å². The molecule has 12 heteroatoms. The number of nitrogens with zero attached hydrogens (tertiary/aromatic N) is 4. The first kappa shape index (κ1) is 22.1. The van der Waals surface area contributed by atoms with E-state index in [9.17, 15) is 30.7 Å². The van der Waals surface area contributed by atoms with E-state index in [4.69, 9.17) is 5.26 Å². The average Bonchev–Trinajstić information content (AvgIpc) is 3.05. The number of anilines is 1. The van der Waals surface area contributed by atoms with Gasteiger partial charge in [0.2, 0.25) is 0 Å². The fourth-order valence-electron chi connectivity index (χ4n) is 2.86. The molecule has 2 aromatic heterocycles. The molecule has 0 spiro atoms. The minimum atomic E-state index is -5.20. The van der Waals surface area contributed by atoms with Gasteiger partial charge < -0.3 is 5.32 Å². The normalized spacial score (nSPS) is 12.0. The number of benzene rings is 1. The Balaban J connectivity index is 2.03. The Morgan fingerprint density at radius 3 is 2.26 bits per heavy atom. The second-order valence-electron chi connectivity index (χ2n) is 6.41. The van der Waals surface area contributed by atoms with Crippen LogP contribution in [0.2, 0.25) is 0 Å². The van der Waals surface area contributed by atoms with Gasteiger partial charge in [-0.1, -0.05) is 12.1 Å². The number of aryl methyl sites for hydroxylation is 1. The number of hydrogen-bond acceptors (Lipinski definition) is 4. The van der Waals surface area contributed by atoms with Gasteiger partial charge in [0.1, 0.15) is 29.0 Å². The lowest BCUT2D eigenvalue weighted by Gasteiger charge is -2.16. The van der Waals surface area contributed by atoms with Crippen molar-refractivity contribution in [2.24, 2.45) is 7.05 Å². The minimum Gasteiger partial charge on any atom is -0.363 e. The van der Waals surface area contributed by atoms with E-state index < -0.39 is 40.8 Å². The van der Waals surface area contributed by atoms with Crippen LogP contribution in [0.5, 0.6) is 0 Å². The van der Waals surface area contributed by atoms with Crippen molar-refractivity contribution in [3.8, 4) is 17.2 Å². The third-order valence-electron chi connectivity index (χ3n) is 4.21. The summed E-state index contributed by atoms with van der Waals surface area (Å²) < 4.78 is 93.5. The highest BCUT2D eigenvalue weighted by Gasteiger charge is 2.41. The first-order valence-corrected chi connectivity index (χ1v) is 8.52. The van der Waals surface area contributed by atoms with Crippen molar-refractivity contribution in [3.63, 3.8) is 0 Å². The molecule has 5 nitrogen and oxygen atoms in total. The molecular weight excluding hydrogens is 431 g/mol. The van der Waals surface area contributed by atoms with E-state index in [2.05, 4.69) is 15.4 Å². The Labute approximate surface area is 170 Å². The topological polar surface area (TPSA) is 66.5 Å². The zero-order chi connectivity index (χ0) is 23.0. The fourth-order valence-corrected chi connectivity index (χ4v) is 2.86. The molecule has 0 saturated carbocycles. The van der Waals surface area contributed by atoms with Gasteiger partial charge in [0.05, 0.1) is 17.8 Å². The molecule has 0 aliphatic heterocycles. The third kappa shape index (κ3) is 4.76. The molecule has 0 radical (unpaired) electrons. The van der Waals surface area contributed by atoms with Gasteiger partial charge in [-0.25, -0.2) is 9.37 Å². The van der Waals surface area contributed by atoms with Gasteiger partial charge in [-0.05, 0) is 23.8 Å². The maximum Gasteiger partial charge on any atom is 0.433 e. The molecule has 0 aliphatic carbocycles. The van der Waals surface area contributed by atoms with Crippen molar-refractivity contribution in [2.75, 3.05) is 5.32 Å². The number of halogens is 7. The van der Waals surface area contributed by atoms with Crippen LogP contribution in [0.15, 0.2) is 36.5 Å². The monoisotopic (exact) mass is 443 g/mol. The van der Waals surface area contributed by atoms with Gasteiger partial charge in [-0.15, -0.1) is 0 Å². The molecule has 0 atom stereocenters. The van der Waals surface area contributed by atoms with Crippen LogP contribution in [0.25, 0.3) is 11.1 Å². The average molecular weight is 443 g/mol. The van der Waals surface area contributed by atoms with E-state index in [1.807, 2.05) is 0 Å². The summed E-state index contributed by atoms with van der Waals surface area (Å²) in [6, 6.07) is 6.34. The second-order valence-corrected chi connectivity index (χ2v) is 6.41. The quantitative estimate of drug-likeness (QED) is 0.567. The smallest absolute Gasteiger partial charge is 0.363 e. The highest BCUT2D eigenvalue weighted by molar-refractivity contribution is 5.66. The summed E-state index contributed by atoms with van der Waals surface area (Å²) >= 11 is 0. The summed E-state index contributed by atoms with van der Waals surface area (Å²) in [6.45, 7) is -0.339. The highest BCUT2D eigenvalue weighted by atomic mass is 19.4. The molecule has 0 unspecified atom stereocenters. The minimum absolute atomic E-state index is 0.200. The van der Waals surface area contributed by atoms with Gasteiger partial charge in [0.15, 0.2) is 0 Å². The summed E-state index contributed by atoms with van der Waals surface area (Å²) in [5.41, 5.74) is -3.37. The molecule has 0 saturated heterocycles. The molecular formula is C19H12F7N5. The number of rotatable bonds is 4. The molecule has 1 N–H and O–H groups in total. The number of nitrogens with one attached hydrogen (secondary N) is 1. The first-order valence-electron chi connectivity index (χ1n) is 8.52. The molecule has 31 heavy (non-hydrogen) atoms. The lowest BCUT2D eigenvalue weighted by Crippen LogP contribution is -2.18. The number of pyridine rings is 1. The van der Waals surface area contributed by atoms with Crippen LogP contribution in [0.3, 0.4) is 0 Å². The Morgan fingerprint density at radius 2 is 1.71 bits per heavy atom. The Kier molecular flexibility index (Phi) is 5.62. The maximum atomic E-state index is 13.2. The van der Waals surface area contributed by atoms with Crippen molar-refractivity contribution in [1.29, 1.82) is 5.26 Å². The van der Waals surface area contributed by atoms with Crippen molar-refractivity contribution in [3.05, 3.63) is 64.9 Å². The molecule has 0 amide bonds.